The van der Waals surface area contributed by atoms with Gasteiger partial charge in [-0.25, -0.2) is 4.98 Å². The number of carbonyl (C=O) groups is 2. The fourth-order valence-electron chi connectivity index (χ4n) is 2.94. The summed E-state index contributed by atoms with van der Waals surface area (Å²) in [4.78, 5) is 29.0. The molecule has 1 heterocycles. The van der Waals surface area contributed by atoms with E-state index in [-0.39, 0.29) is 30.5 Å². The summed E-state index contributed by atoms with van der Waals surface area (Å²) in [6.07, 6.45) is -4.79. The summed E-state index contributed by atoms with van der Waals surface area (Å²) >= 11 is 4.66. The van der Waals surface area contributed by atoms with Crippen molar-refractivity contribution in [3.63, 3.8) is 0 Å². The molecule has 180 valence electrons. The van der Waals surface area contributed by atoms with Gasteiger partial charge >= 0.3 is 6.36 Å². The lowest BCUT2D eigenvalue weighted by atomic mass is 9.98. The van der Waals surface area contributed by atoms with Crippen molar-refractivity contribution in [1.82, 2.24) is 10.3 Å². The van der Waals surface area contributed by atoms with Crippen LogP contribution in [0.5, 0.6) is 11.5 Å². The van der Waals surface area contributed by atoms with Crippen LogP contribution in [0, 0.1) is 0 Å². The molecule has 0 fully saturated rings. The second-order valence-corrected chi connectivity index (χ2v) is 9.07. The molecule has 12 heteroatoms. The summed E-state index contributed by atoms with van der Waals surface area (Å²) < 4.78 is 46.6. The van der Waals surface area contributed by atoms with Crippen LogP contribution in [-0.2, 0) is 11.3 Å². The second kappa shape index (κ2) is 10.9. The van der Waals surface area contributed by atoms with Gasteiger partial charge in [0.2, 0.25) is 0 Å². The molecule has 0 aliphatic heterocycles. The van der Waals surface area contributed by atoms with Gasteiger partial charge in [-0.2, -0.15) is 0 Å². The number of carbonyl (C=O) groups excluding carboxylic acids is 2. The van der Waals surface area contributed by atoms with Crippen molar-refractivity contribution in [3.8, 4) is 11.5 Å². The van der Waals surface area contributed by atoms with Gasteiger partial charge in [-0.3, -0.25) is 9.59 Å². The van der Waals surface area contributed by atoms with E-state index in [2.05, 4.69) is 31.0 Å². The van der Waals surface area contributed by atoms with Gasteiger partial charge < -0.3 is 20.5 Å². The number of thiazole rings is 1. The fraction of sp³-hybridized carbons (Fsp3) is 0.227. The largest absolute Gasteiger partial charge is 0.573 e. The Labute approximate surface area is 205 Å². The van der Waals surface area contributed by atoms with Gasteiger partial charge in [-0.1, -0.05) is 35.0 Å². The van der Waals surface area contributed by atoms with Crippen LogP contribution in [-0.4, -0.2) is 29.8 Å². The number of aromatic nitrogens is 1. The molecule has 0 aliphatic carbocycles. The highest BCUT2D eigenvalue weighted by Crippen LogP contribution is 2.32. The van der Waals surface area contributed by atoms with E-state index in [1.165, 1.54) is 23.5 Å². The average Bonchev–Trinajstić information content (AvgIpc) is 3.21. The Morgan fingerprint density at radius 1 is 1.12 bits per heavy atom. The maximum atomic E-state index is 12.2. The smallest absolute Gasteiger partial charge is 0.484 e. The minimum absolute atomic E-state index is 0.0541. The molecule has 3 aromatic rings. The normalized spacial score (nSPS) is 12.1. The molecule has 0 saturated heterocycles. The predicted molar refractivity (Wildman–Crippen MR) is 123 cm³/mol. The zero-order valence-corrected chi connectivity index (χ0v) is 20.1. The van der Waals surface area contributed by atoms with E-state index in [0.717, 1.165) is 22.2 Å². The molecule has 1 atom stereocenters. The van der Waals surface area contributed by atoms with Crippen LogP contribution < -0.4 is 20.5 Å². The van der Waals surface area contributed by atoms with Gasteiger partial charge in [0, 0.05) is 15.3 Å². The van der Waals surface area contributed by atoms with Crippen molar-refractivity contribution in [3.05, 3.63) is 74.1 Å². The average molecular weight is 558 g/mol. The summed E-state index contributed by atoms with van der Waals surface area (Å²) in [6, 6.07) is 12.3. The van der Waals surface area contributed by atoms with Gasteiger partial charge in [0.15, 0.2) is 6.61 Å². The van der Waals surface area contributed by atoms with Crippen molar-refractivity contribution >= 4 is 39.1 Å². The quantitative estimate of drug-likeness (QED) is 0.395. The first-order chi connectivity index (χ1) is 16.0. The van der Waals surface area contributed by atoms with Crippen LogP contribution in [0.3, 0.4) is 0 Å². The minimum Gasteiger partial charge on any atom is -0.484 e. The predicted octanol–water partition coefficient (Wildman–Crippen LogP) is 4.75. The maximum absolute atomic E-state index is 12.2. The van der Waals surface area contributed by atoms with Crippen LogP contribution in [0.25, 0.3) is 0 Å². The number of ether oxygens (including phenoxy) is 2. The first-order valence-corrected chi connectivity index (χ1v) is 11.4. The molecule has 0 radical (unpaired) electrons. The Kier molecular flexibility index (Phi) is 8.15. The molecular formula is C22H19BrF3N3O4S. The number of nitrogens with two attached hydrogens (primary N) is 1. The molecule has 34 heavy (non-hydrogen) atoms. The maximum Gasteiger partial charge on any atom is 0.573 e. The van der Waals surface area contributed by atoms with E-state index < -0.39 is 23.9 Å². The molecule has 1 aromatic heterocycles. The van der Waals surface area contributed by atoms with E-state index in [0.29, 0.717) is 9.88 Å². The Bertz CT molecular complexity index is 1150. The third-order valence-electron chi connectivity index (χ3n) is 4.56. The van der Waals surface area contributed by atoms with Crippen molar-refractivity contribution in [1.29, 1.82) is 0 Å². The van der Waals surface area contributed by atoms with Gasteiger partial charge in [0.05, 0.1) is 6.54 Å². The van der Waals surface area contributed by atoms with Crippen molar-refractivity contribution in [2.75, 3.05) is 6.61 Å². The van der Waals surface area contributed by atoms with Crippen molar-refractivity contribution in [2.45, 2.75) is 25.7 Å². The Morgan fingerprint density at radius 3 is 2.32 bits per heavy atom. The van der Waals surface area contributed by atoms with Gasteiger partial charge in [-0.05, 0) is 42.0 Å². The first-order valence-electron chi connectivity index (χ1n) is 9.82. The van der Waals surface area contributed by atoms with E-state index in [1.807, 2.05) is 31.2 Å². The summed E-state index contributed by atoms with van der Waals surface area (Å²) in [5.41, 5.74) is 6.63. The molecule has 3 N–H and O–H groups in total. The third kappa shape index (κ3) is 7.19. The number of hydrogen-bond acceptors (Lipinski definition) is 6. The summed E-state index contributed by atoms with van der Waals surface area (Å²) in [6.45, 7) is 1.62. The number of nitrogens with zero attached hydrogens (tertiary/aromatic N) is 1. The lowest BCUT2D eigenvalue weighted by Gasteiger charge is -2.11. The molecule has 0 bridgehead atoms. The number of alkyl halides is 3. The number of rotatable bonds is 9. The molecule has 2 aromatic carbocycles. The summed E-state index contributed by atoms with van der Waals surface area (Å²) in [7, 11) is 0. The Hall–Kier alpha value is -3.12. The number of halogens is 4. The lowest BCUT2D eigenvalue weighted by Crippen LogP contribution is -2.28. The van der Waals surface area contributed by atoms with Crippen molar-refractivity contribution < 1.29 is 32.2 Å². The number of hydrogen-bond donors (Lipinski definition) is 2. The highest BCUT2D eigenvalue weighted by molar-refractivity contribution is 9.10. The van der Waals surface area contributed by atoms with Gasteiger partial charge in [0.1, 0.15) is 22.2 Å². The van der Waals surface area contributed by atoms with E-state index in [4.69, 9.17) is 10.5 Å². The molecule has 0 saturated carbocycles. The zero-order chi connectivity index (χ0) is 24.9. The van der Waals surface area contributed by atoms with Crippen LogP contribution in [0.4, 0.5) is 13.2 Å². The first kappa shape index (κ1) is 25.5. The van der Waals surface area contributed by atoms with Crippen LogP contribution in [0.2, 0.25) is 0 Å². The Balaban J connectivity index is 1.57. The molecule has 3 rings (SSSR count). The third-order valence-corrected chi connectivity index (χ3v) is 6.33. The molecule has 0 spiro atoms. The zero-order valence-electron chi connectivity index (χ0n) is 17.7. The van der Waals surface area contributed by atoms with Gasteiger partial charge in [-0.15, -0.1) is 24.5 Å². The topological polar surface area (TPSA) is 104 Å². The standard InChI is InChI=1S/C22H19BrF3N3O4S/c1-12(13-2-4-14(23)5-3-13)20-19(21(27)31)29-18(34-20)10-28-17(30)11-32-15-6-8-16(9-7-15)33-22(24,25)26/h2-9,12H,10-11H2,1H3,(H2,27,31)(H,28,30). The number of amides is 2. The molecule has 0 aliphatic rings. The highest BCUT2D eigenvalue weighted by Gasteiger charge is 2.31. The monoisotopic (exact) mass is 557 g/mol. The molecule has 7 nitrogen and oxygen atoms in total. The SMILES string of the molecule is CC(c1ccc(Br)cc1)c1sc(CNC(=O)COc2ccc(OC(F)(F)F)cc2)nc1C(N)=O. The van der Waals surface area contributed by atoms with Crippen LogP contribution in [0.15, 0.2) is 53.0 Å². The summed E-state index contributed by atoms with van der Waals surface area (Å²) in [5.74, 6) is -1.47. The summed E-state index contributed by atoms with van der Waals surface area (Å²) in [5, 5.41) is 3.12. The van der Waals surface area contributed by atoms with Crippen LogP contribution >= 0.6 is 27.3 Å². The Morgan fingerprint density at radius 2 is 1.74 bits per heavy atom. The number of primary amides is 1. The lowest BCUT2D eigenvalue weighted by molar-refractivity contribution is -0.274. The fourth-order valence-corrected chi connectivity index (χ4v) is 4.29. The highest BCUT2D eigenvalue weighted by atomic mass is 79.9. The van der Waals surface area contributed by atoms with Crippen LogP contribution in [0.1, 0.15) is 38.8 Å². The molecule has 2 amide bonds. The second-order valence-electron chi connectivity index (χ2n) is 7.04. The number of benzene rings is 2. The molecule has 1 unspecified atom stereocenters. The molecular weight excluding hydrogens is 539 g/mol. The van der Waals surface area contributed by atoms with E-state index >= 15 is 0 Å². The number of nitrogens with one attached hydrogen (secondary N) is 1. The minimum atomic E-state index is -4.79. The van der Waals surface area contributed by atoms with Gasteiger partial charge in [0.25, 0.3) is 11.8 Å². The van der Waals surface area contributed by atoms with Crippen molar-refractivity contribution in [2.24, 2.45) is 5.73 Å². The van der Waals surface area contributed by atoms with E-state index in [9.17, 15) is 22.8 Å². The van der Waals surface area contributed by atoms with E-state index in [1.54, 1.807) is 0 Å².